The summed E-state index contributed by atoms with van der Waals surface area (Å²) in [6.07, 6.45) is -0.0529. The highest BCUT2D eigenvalue weighted by Crippen LogP contribution is 2.25. The van der Waals surface area contributed by atoms with Crippen molar-refractivity contribution in [2.24, 2.45) is 0 Å². The molecule has 134 valence electrons. The molecule has 6 nitrogen and oxygen atoms in total. The zero-order valence-corrected chi connectivity index (χ0v) is 14.8. The molecule has 2 aromatic carbocycles. The van der Waals surface area contributed by atoms with Gasteiger partial charge in [0, 0.05) is 12.6 Å². The van der Waals surface area contributed by atoms with Crippen molar-refractivity contribution in [2.75, 3.05) is 19.7 Å². The fourth-order valence-corrected chi connectivity index (χ4v) is 2.49. The number of para-hydroxylation sites is 2. The van der Waals surface area contributed by atoms with Crippen LogP contribution in [0.3, 0.4) is 0 Å². The van der Waals surface area contributed by atoms with E-state index in [4.69, 9.17) is 27.9 Å². The molecule has 0 spiro atoms. The Morgan fingerprint density at radius 3 is 2.68 bits per heavy atom. The second-order valence-corrected chi connectivity index (χ2v) is 6.21. The molecule has 0 fully saturated rings. The number of hydrogen-bond donors (Lipinski definition) is 2. The van der Waals surface area contributed by atoms with Gasteiger partial charge in [0.25, 0.3) is 0 Å². The summed E-state index contributed by atoms with van der Waals surface area (Å²) in [4.78, 5) is 10.4. The molecule has 8 heteroatoms. The summed E-state index contributed by atoms with van der Waals surface area (Å²) in [6.45, 7) is 0.910. The lowest BCUT2D eigenvalue weighted by atomic mass is 10.1. The van der Waals surface area contributed by atoms with Crippen molar-refractivity contribution in [2.45, 2.75) is 12.5 Å². The number of nitro benzene ring substituents is 1. The number of aliphatic hydroxyl groups is 1. The average molecular weight is 385 g/mol. The molecule has 1 atom stereocenters. The SMILES string of the molecule is O=[N+]([O-])c1ccccc1OC[C@@H](O)CNCCc1ccc(Cl)c(Cl)c1. The van der Waals surface area contributed by atoms with Crippen molar-refractivity contribution in [1.29, 1.82) is 0 Å². The molecule has 0 bridgehead atoms. The average Bonchev–Trinajstić information content (AvgIpc) is 2.60. The molecule has 0 aromatic heterocycles. The molecule has 0 heterocycles. The fraction of sp³-hybridized carbons (Fsp3) is 0.294. The van der Waals surface area contributed by atoms with Crippen LogP contribution in [0, 0.1) is 10.1 Å². The summed E-state index contributed by atoms with van der Waals surface area (Å²) in [5.41, 5.74) is 0.912. The summed E-state index contributed by atoms with van der Waals surface area (Å²) in [5, 5.41) is 24.9. The Morgan fingerprint density at radius 1 is 1.20 bits per heavy atom. The van der Waals surface area contributed by atoms with Gasteiger partial charge in [-0.3, -0.25) is 10.1 Å². The van der Waals surface area contributed by atoms with Gasteiger partial charge in [-0.1, -0.05) is 41.4 Å². The van der Waals surface area contributed by atoms with Crippen LogP contribution in [0.4, 0.5) is 5.69 Å². The summed E-state index contributed by atoms with van der Waals surface area (Å²) in [7, 11) is 0. The zero-order chi connectivity index (χ0) is 18.2. The van der Waals surface area contributed by atoms with Gasteiger partial charge in [-0.05, 0) is 36.7 Å². The van der Waals surface area contributed by atoms with Gasteiger partial charge in [0.05, 0.1) is 15.0 Å². The third-order valence-corrected chi connectivity index (χ3v) is 4.19. The van der Waals surface area contributed by atoms with Crippen molar-refractivity contribution < 1.29 is 14.8 Å². The molecule has 2 N–H and O–H groups in total. The monoisotopic (exact) mass is 384 g/mol. The van der Waals surface area contributed by atoms with Gasteiger partial charge in [0.2, 0.25) is 0 Å². The lowest BCUT2D eigenvalue weighted by molar-refractivity contribution is -0.385. The summed E-state index contributed by atoms with van der Waals surface area (Å²) in [6, 6.07) is 11.5. The molecule has 25 heavy (non-hydrogen) atoms. The molecular weight excluding hydrogens is 367 g/mol. The minimum atomic E-state index is -0.784. The third-order valence-electron chi connectivity index (χ3n) is 3.45. The van der Waals surface area contributed by atoms with Crippen LogP contribution in [0.15, 0.2) is 42.5 Å². The van der Waals surface area contributed by atoms with E-state index in [9.17, 15) is 15.2 Å². The Kier molecular flexibility index (Phi) is 7.46. The van der Waals surface area contributed by atoms with Gasteiger partial charge < -0.3 is 15.2 Å². The first kappa shape index (κ1) is 19.5. The molecule has 0 aliphatic rings. The van der Waals surface area contributed by atoms with Gasteiger partial charge in [0.15, 0.2) is 5.75 Å². The smallest absolute Gasteiger partial charge is 0.310 e. The fourth-order valence-electron chi connectivity index (χ4n) is 2.17. The molecule has 0 radical (unpaired) electrons. The number of ether oxygens (including phenoxy) is 1. The molecule has 2 rings (SSSR count). The van der Waals surface area contributed by atoms with Crippen molar-refractivity contribution in [3.8, 4) is 5.75 Å². The van der Waals surface area contributed by atoms with Crippen LogP contribution in [0.25, 0.3) is 0 Å². The van der Waals surface area contributed by atoms with Gasteiger partial charge >= 0.3 is 5.69 Å². The van der Waals surface area contributed by atoms with Gasteiger partial charge in [0.1, 0.15) is 12.7 Å². The maximum absolute atomic E-state index is 10.9. The van der Waals surface area contributed by atoms with Crippen LogP contribution in [0.2, 0.25) is 10.0 Å². The highest BCUT2D eigenvalue weighted by Gasteiger charge is 2.15. The zero-order valence-electron chi connectivity index (χ0n) is 13.3. The first-order valence-electron chi connectivity index (χ1n) is 7.66. The predicted molar refractivity (Wildman–Crippen MR) is 97.6 cm³/mol. The second kappa shape index (κ2) is 9.58. The standard InChI is InChI=1S/C17H18Cl2N2O4/c18-14-6-5-12(9-15(14)19)7-8-20-10-13(22)11-25-17-4-2-1-3-16(17)21(23)24/h1-6,9,13,20,22H,7-8,10-11H2/t13-/m0/s1. The van der Waals surface area contributed by atoms with Crippen LogP contribution in [-0.2, 0) is 6.42 Å². The predicted octanol–water partition coefficient (Wildman–Crippen LogP) is 3.47. The van der Waals surface area contributed by atoms with Gasteiger partial charge in [-0.15, -0.1) is 0 Å². The number of halogens is 2. The Bertz CT molecular complexity index is 728. The molecule has 0 aliphatic carbocycles. The summed E-state index contributed by atoms with van der Waals surface area (Å²) in [5.74, 6) is 0.141. The van der Waals surface area contributed by atoms with E-state index in [1.165, 1.54) is 12.1 Å². The summed E-state index contributed by atoms with van der Waals surface area (Å²) < 4.78 is 5.34. The van der Waals surface area contributed by atoms with E-state index in [1.807, 2.05) is 6.07 Å². The number of aliphatic hydroxyl groups excluding tert-OH is 1. The second-order valence-electron chi connectivity index (χ2n) is 5.39. The molecular formula is C17H18Cl2N2O4. The van der Waals surface area contributed by atoms with E-state index >= 15 is 0 Å². The molecule has 0 saturated carbocycles. The van der Waals surface area contributed by atoms with Crippen LogP contribution < -0.4 is 10.1 Å². The van der Waals surface area contributed by atoms with Crippen LogP contribution in [0.5, 0.6) is 5.75 Å². The molecule has 0 saturated heterocycles. The van der Waals surface area contributed by atoms with E-state index in [-0.39, 0.29) is 18.0 Å². The number of hydrogen-bond acceptors (Lipinski definition) is 5. The third kappa shape index (κ3) is 6.17. The van der Waals surface area contributed by atoms with E-state index < -0.39 is 11.0 Å². The minimum absolute atomic E-state index is 0.0371. The maximum atomic E-state index is 10.9. The van der Waals surface area contributed by atoms with Crippen molar-refractivity contribution >= 4 is 28.9 Å². The normalized spacial score (nSPS) is 12.0. The van der Waals surface area contributed by atoms with Crippen molar-refractivity contribution in [3.05, 3.63) is 68.2 Å². The van der Waals surface area contributed by atoms with Crippen molar-refractivity contribution in [3.63, 3.8) is 0 Å². The van der Waals surface area contributed by atoms with E-state index in [0.717, 1.165) is 12.0 Å². The topological polar surface area (TPSA) is 84.6 Å². The molecule has 2 aromatic rings. The van der Waals surface area contributed by atoms with E-state index in [0.29, 0.717) is 23.1 Å². The molecule has 0 aliphatic heterocycles. The first-order chi connectivity index (χ1) is 12.0. The molecule has 0 amide bonds. The summed E-state index contributed by atoms with van der Waals surface area (Å²) >= 11 is 11.8. The highest BCUT2D eigenvalue weighted by molar-refractivity contribution is 6.42. The van der Waals surface area contributed by atoms with Crippen LogP contribution in [-0.4, -0.2) is 35.8 Å². The number of nitrogens with one attached hydrogen (secondary N) is 1. The van der Waals surface area contributed by atoms with E-state index in [1.54, 1.807) is 24.3 Å². The number of nitro groups is 1. The Labute approximate surface area is 155 Å². The largest absolute Gasteiger partial charge is 0.484 e. The highest BCUT2D eigenvalue weighted by atomic mass is 35.5. The van der Waals surface area contributed by atoms with Crippen LogP contribution in [0.1, 0.15) is 5.56 Å². The first-order valence-corrected chi connectivity index (χ1v) is 8.42. The number of nitrogens with zero attached hydrogens (tertiary/aromatic N) is 1. The van der Waals surface area contributed by atoms with Gasteiger partial charge in [-0.25, -0.2) is 0 Å². The minimum Gasteiger partial charge on any atom is -0.484 e. The Morgan fingerprint density at radius 2 is 1.96 bits per heavy atom. The number of benzene rings is 2. The van der Waals surface area contributed by atoms with Crippen molar-refractivity contribution in [1.82, 2.24) is 5.32 Å². The number of rotatable bonds is 9. The van der Waals surface area contributed by atoms with E-state index in [2.05, 4.69) is 5.32 Å². The maximum Gasteiger partial charge on any atom is 0.310 e. The van der Waals surface area contributed by atoms with Gasteiger partial charge in [-0.2, -0.15) is 0 Å². The Balaban J connectivity index is 1.71. The van der Waals surface area contributed by atoms with Crippen LogP contribution >= 0.6 is 23.2 Å². The Hall–Kier alpha value is -1.86. The quantitative estimate of drug-likeness (QED) is 0.392. The molecule has 0 unspecified atom stereocenters. The lowest BCUT2D eigenvalue weighted by Crippen LogP contribution is -2.32. The lowest BCUT2D eigenvalue weighted by Gasteiger charge is -2.13.